The third kappa shape index (κ3) is 4.24. The monoisotopic (exact) mass is 392 g/mol. The fourth-order valence-electron chi connectivity index (χ4n) is 4.64. The van der Waals surface area contributed by atoms with Crippen LogP contribution < -0.4 is 5.32 Å². The fourth-order valence-corrected chi connectivity index (χ4v) is 5.77. The number of carbonyl (C=O) groups excluding carboxylic acids is 2. The molecule has 0 saturated heterocycles. The minimum absolute atomic E-state index is 0.0683. The van der Waals surface area contributed by atoms with Gasteiger partial charge in [-0.25, -0.2) is 8.42 Å². The van der Waals surface area contributed by atoms with Gasteiger partial charge in [0.25, 0.3) is 0 Å². The zero-order valence-corrected chi connectivity index (χ0v) is 17.0. The summed E-state index contributed by atoms with van der Waals surface area (Å²) in [6.07, 6.45) is 5.00. The highest BCUT2D eigenvalue weighted by molar-refractivity contribution is 7.89. The third-order valence-electron chi connectivity index (χ3n) is 6.16. The standard InChI is InChI=1S/C20H28N2O4S/c1-13(19-11-15-4-5-17(19)10-15)21-20(24)12-22(3)27(25,26)18-8-6-16(7-9-18)14(2)23/h6-9,13,15,17,19H,4-5,10-12H2,1-3H3,(H,21,24)/t13-,15+,17+,19+/m1/s1. The van der Waals surface area contributed by atoms with Gasteiger partial charge in [0.15, 0.2) is 5.78 Å². The van der Waals surface area contributed by atoms with Crippen molar-refractivity contribution in [3.8, 4) is 0 Å². The maximum Gasteiger partial charge on any atom is 0.243 e. The van der Waals surface area contributed by atoms with E-state index < -0.39 is 10.0 Å². The molecule has 3 rings (SSSR count). The molecular formula is C20H28N2O4S. The zero-order chi connectivity index (χ0) is 19.8. The molecule has 4 atom stereocenters. The van der Waals surface area contributed by atoms with E-state index in [9.17, 15) is 18.0 Å². The van der Waals surface area contributed by atoms with Crippen LogP contribution in [0, 0.1) is 17.8 Å². The quantitative estimate of drug-likeness (QED) is 0.723. The average molecular weight is 393 g/mol. The second-order valence-electron chi connectivity index (χ2n) is 8.04. The van der Waals surface area contributed by atoms with Gasteiger partial charge in [-0.3, -0.25) is 9.59 Å². The van der Waals surface area contributed by atoms with Crippen LogP contribution in [0.2, 0.25) is 0 Å². The molecule has 2 bridgehead atoms. The molecule has 0 unspecified atom stereocenters. The molecule has 0 heterocycles. The Hall–Kier alpha value is -1.73. The molecule has 2 aliphatic rings. The van der Waals surface area contributed by atoms with E-state index in [0.717, 1.165) is 10.2 Å². The largest absolute Gasteiger partial charge is 0.352 e. The van der Waals surface area contributed by atoms with Crippen LogP contribution in [0.25, 0.3) is 0 Å². The molecule has 2 aliphatic carbocycles. The normalized spacial score (nSPS) is 25.6. The number of rotatable bonds is 7. The lowest BCUT2D eigenvalue weighted by Gasteiger charge is -2.29. The highest BCUT2D eigenvalue weighted by Crippen LogP contribution is 2.49. The number of hydrogen-bond acceptors (Lipinski definition) is 4. The molecule has 0 radical (unpaired) electrons. The molecule has 148 valence electrons. The number of benzene rings is 1. The van der Waals surface area contributed by atoms with Gasteiger partial charge in [0.1, 0.15) is 0 Å². The van der Waals surface area contributed by atoms with Crippen molar-refractivity contribution in [1.29, 1.82) is 0 Å². The maximum atomic E-state index is 12.7. The maximum absolute atomic E-state index is 12.7. The van der Waals surface area contributed by atoms with Crippen LogP contribution in [0.3, 0.4) is 0 Å². The lowest BCUT2D eigenvalue weighted by Crippen LogP contribution is -2.45. The van der Waals surface area contributed by atoms with Crippen LogP contribution >= 0.6 is 0 Å². The first kappa shape index (κ1) is 20.0. The summed E-state index contributed by atoms with van der Waals surface area (Å²) in [4.78, 5) is 23.8. The van der Waals surface area contributed by atoms with E-state index in [-0.39, 0.29) is 29.2 Å². The summed E-state index contributed by atoms with van der Waals surface area (Å²) in [5.74, 6) is 1.61. The van der Waals surface area contributed by atoms with Crippen LogP contribution in [-0.4, -0.2) is 44.0 Å². The number of nitrogens with zero attached hydrogens (tertiary/aromatic N) is 1. The molecular weight excluding hydrogens is 364 g/mol. The first-order valence-electron chi connectivity index (χ1n) is 9.55. The molecule has 2 saturated carbocycles. The minimum atomic E-state index is -3.78. The number of carbonyl (C=O) groups is 2. The van der Waals surface area contributed by atoms with E-state index in [0.29, 0.717) is 17.4 Å². The van der Waals surface area contributed by atoms with Gasteiger partial charge < -0.3 is 5.32 Å². The fraction of sp³-hybridized carbons (Fsp3) is 0.600. The van der Waals surface area contributed by atoms with Crippen molar-refractivity contribution in [2.24, 2.45) is 17.8 Å². The molecule has 1 aromatic carbocycles. The number of hydrogen-bond donors (Lipinski definition) is 1. The van der Waals surface area contributed by atoms with Crippen molar-refractivity contribution in [2.75, 3.05) is 13.6 Å². The van der Waals surface area contributed by atoms with Gasteiger partial charge >= 0.3 is 0 Å². The van der Waals surface area contributed by atoms with E-state index >= 15 is 0 Å². The van der Waals surface area contributed by atoms with Crippen LogP contribution in [0.5, 0.6) is 0 Å². The molecule has 7 heteroatoms. The van der Waals surface area contributed by atoms with E-state index in [4.69, 9.17) is 0 Å². The van der Waals surface area contributed by atoms with Crippen molar-refractivity contribution >= 4 is 21.7 Å². The van der Waals surface area contributed by atoms with Crippen LogP contribution in [0.4, 0.5) is 0 Å². The van der Waals surface area contributed by atoms with Gasteiger partial charge in [0.2, 0.25) is 15.9 Å². The Bertz CT molecular complexity index is 819. The lowest BCUT2D eigenvalue weighted by molar-refractivity contribution is -0.122. The average Bonchev–Trinajstić information content (AvgIpc) is 3.24. The molecule has 1 N–H and O–H groups in total. The van der Waals surface area contributed by atoms with Crippen LogP contribution in [0.1, 0.15) is 49.9 Å². The predicted molar refractivity (Wildman–Crippen MR) is 103 cm³/mol. The smallest absolute Gasteiger partial charge is 0.243 e. The number of fused-ring (bicyclic) bond motifs is 2. The van der Waals surface area contributed by atoms with Crippen molar-refractivity contribution in [2.45, 2.75) is 50.5 Å². The number of amides is 1. The number of sulfonamides is 1. The summed E-state index contributed by atoms with van der Waals surface area (Å²) in [6, 6.07) is 5.84. The van der Waals surface area contributed by atoms with Crippen molar-refractivity contribution in [3.63, 3.8) is 0 Å². The predicted octanol–water partition coefficient (Wildman–Crippen LogP) is 2.45. The summed E-state index contributed by atoms with van der Waals surface area (Å²) in [5.41, 5.74) is 0.453. The molecule has 0 spiro atoms. The first-order chi connectivity index (χ1) is 12.7. The molecule has 0 aromatic heterocycles. The molecule has 0 aliphatic heterocycles. The Balaban J connectivity index is 1.58. The first-order valence-corrected chi connectivity index (χ1v) is 11.0. The second-order valence-corrected chi connectivity index (χ2v) is 10.1. The van der Waals surface area contributed by atoms with Crippen LogP contribution in [0.15, 0.2) is 29.2 Å². The highest BCUT2D eigenvalue weighted by atomic mass is 32.2. The summed E-state index contributed by atoms with van der Waals surface area (Å²) in [5, 5.41) is 3.00. The Kier molecular flexibility index (Phi) is 5.72. The summed E-state index contributed by atoms with van der Waals surface area (Å²) >= 11 is 0. The lowest BCUT2D eigenvalue weighted by atomic mass is 9.84. The van der Waals surface area contributed by atoms with Gasteiger partial charge in [-0.15, -0.1) is 0 Å². The number of likely N-dealkylation sites (N-methyl/N-ethyl adjacent to an activating group) is 1. The van der Waals surface area contributed by atoms with E-state index in [1.165, 1.54) is 63.9 Å². The number of ketones is 1. The minimum Gasteiger partial charge on any atom is -0.352 e. The molecule has 27 heavy (non-hydrogen) atoms. The van der Waals surface area contributed by atoms with Crippen molar-refractivity contribution in [3.05, 3.63) is 29.8 Å². The number of Topliss-reactive ketones (excluding diaryl/α,β-unsaturated/α-hetero) is 1. The molecule has 2 fully saturated rings. The molecule has 1 aromatic rings. The Morgan fingerprint density at radius 1 is 1.19 bits per heavy atom. The van der Waals surface area contributed by atoms with Gasteiger partial charge in [0.05, 0.1) is 11.4 Å². The van der Waals surface area contributed by atoms with Crippen LogP contribution in [-0.2, 0) is 14.8 Å². The van der Waals surface area contributed by atoms with E-state index in [1.807, 2.05) is 6.92 Å². The SMILES string of the molecule is CC(=O)c1ccc(S(=O)(=O)N(C)CC(=O)N[C@H](C)[C@@H]2C[C@H]3CC[C@H]2C3)cc1. The molecule has 6 nitrogen and oxygen atoms in total. The Morgan fingerprint density at radius 2 is 1.85 bits per heavy atom. The zero-order valence-electron chi connectivity index (χ0n) is 16.1. The van der Waals surface area contributed by atoms with Gasteiger partial charge in [-0.05, 0) is 63.0 Å². The Morgan fingerprint density at radius 3 is 2.37 bits per heavy atom. The Labute approximate surface area is 161 Å². The summed E-state index contributed by atoms with van der Waals surface area (Å²) < 4.78 is 26.4. The molecule has 1 amide bonds. The second kappa shape index (κ2) is 7.72. The summed E-state index contributed by atoms with van der Waals surface area (Å²) in [6.45, 7) is 3.23. The highest BCUT2D eigenvalue weighted by Gasteiger charge is 2.42. The topological polar surface area (TPSA) is 83.6 Å². The third-order valence-corrected chi connectivity index (χ3v) is 7.98. The summed E-state index contributed by atoms with van der Waals surface area (Å²) in [7, 11) is -2.38. The van der Waals surface area contributed by atoms with Gasteiger partial charge in [-0.2, -0.15) is 4.31 Å². The van der Waals surface area contributed by atoms with E-state index in [1.54, 1.807) is 0 Å². The number of nitrogens with one attached hydrogen (secondary N) is 1. The van der Waals surface area contributed by atoms with Crippen molar-refractivity contribution < 1.29 is 18.0 Å². The van der Waals surface area contributed by atoms with Gasteiger partial charge in [0, 0.05) is 18.7 Å². The van der Waals surface area contributed by atoms with Crippen molar-refractivity contribution in [1.82, 2.24) is 9.62 Å². The van der Waals surface area contributed by atoms with E-state index in [2.05, 4.69) is 5.32 Å². The van der Waals surface area contributed by atoms with Gasteiger partial charge in [-0.1, -0.05) is 18.6 Å².